The van der Waals surface area contributed by atoms with Crippen LogP contribution in [0.4, 0.5) is 5.69 Å². The SMILES string of the molecule is CCN(C(=O)CCl)c1cccc(OC)c1. The van der Waals surface area contributed by atoms with Crippen molar-refractivity contribution in [1.82, 2.24) is 0 Å². The number of carbonyl (C=O) groups excluding carboxylic acids is 1. The van der Waals surface area contributed by atoms with E-state index in [0.29, 0.717) is 6.54 Å². The van der Waals surface area contributed by atoms with Crippen LogP contribution < -0.4 is 9.64 Å². The lowest BCUT2D eigenvalue weighted by Crippen LogP contribution is -2.31. The smallest absolute Gasteiger partial charge is 0.241 e. The third-order valence-electron chi connectivity index (χ3n) is 2.10. The summed E-state index contributed by atoms with van der Waals surface area (Å²) in [4.78, 5) is 13.1. The van der Waals surface area contributed by atoms with E-state index in [1.165, 1.54) is 0 Å². The molecule has 4 heteroatoms. The number of nitrogens with zero attached hydrogens (tertiary/aromatic N) is 1. The van der Waals surface area contributed by atoms with Gasteiger partial charge in [0.1, 0.15) is 11.6 Å². The van der Waals surface area contributed by atoms with E-state index in [2.05, 4.69) is 0 Å². The first-order chi connectivity index (χ1) is 7.22. The second kappa shape index (κ2) is 5.61. The number of benzene rings is 1. The quantitative estimate of drug-likeness (QED) is 0.739. The Bertz CT molecular complexity index is 341. The zero-order valence-electron chi connectivity index (χ0n) is 8.87. The molecule has 1 amide bonds. The molecule has 0 aromatic heterocycles. The minimum absolute atomic E-state index is 0.00888. The number of amides is 1. The van der Waals surface area contributed by atoms with Gasteiger partial charge in [-0.05, 0) is 19.1 Å². The van der Waals surface area contributed by atoms with Crippen molar-refractivity contribution in [3.8, 4) is 5.75 Å². The minimum Gasteiger partial charge on any atom is -0.497 e. The second-order valence-corrected chi connectivity index (χ2v) is 3.24. The normalized spacial score (nSPS) is 9.80. The van der Waals surface area contributed by atoms with Crippen LogP contribution in [0.3, 0.4) is 0 Å². The number of anilines is 1. The van der Waals surface area contributed by atoms with Crippen LogP contribution >= 0.6 is 11.6 Å². The molecule has 0 spiro atoms. The van der Waals surface area contributed by atoms with Crippen LogP contribution in [-0.4, -0.2) is 25.4 Å². The number of rotatable bonds is 4. The Hall–Kier alpha value is -1.22. The van der Waals surface area contributed by atoms with E-state index in [1.807, 2.05) is 31.2 Å². The molecule has 82 valence electrons. The lowest BCUT2D eigenvalue weighted by atomic mass is 10.2. The number of methoxy groups -OCH3 is 1. The lowest BCUT2D eigenvalue weighted by molar-refractivity contribution is -0.116. The van der Waals surface area contributed by atoms with E-state index in [-0.39, 0.29) is 11.8 Å². The summed E-state index contributed by atoms with van der Waals surface area (Å²) in [5.41, 5.74) is 0.808. The molecular weight excluding hydrogens is 214 g/mol. The second-order valence-electron chi connectivity index (χ2n) is 2.97. The lowest BCUT2D eigenvalue weighted by Gasteiger charge is -2.20. The first-order valence-electron chi connectivity index (χ1n) is 4.73. The van der Waals surface area contributed by atoms with Crippen LogP contribution in [0.1, 0.15) is 6.92 Å². The largest absolute Gasteiger partial charge is 0.497 e. The summed E-state index contributed by atoms with van der Waals surface area (Å²) in [7, 11) is 1.60. The van der Waals surface area contributed by atoms with Gasteiger partial charge in [-0.25, -0.2) is 0 Å². The van der Waals surface area contributed by atoms with Crippen molar-refractivity contribution in [1.29, 1.82) is 0 Å². The van der Waals surface area contributed by atoms with Crippen LogP contribution in [0.5, 0.6) is 5.75 Å². The predicted molar refractivity (Wildman–Crippen MR) is 61.7 cm³/mol. The van der Waals surface area contributed by atoms with E-state index in [0.717, 1.165) is 11.4 Å². The molecule has 3 nitrogen and oxygen atoms in total. The third kappa shape index (κ3) is 2.86. The molecule has 0 unspecified atom stereocenters. The van der Waals surface area contributed by atoms with Gasteiger partial charge >= 0.3 is 0 Å². The van der Waals surface area contributed by atoms with Crippen molar-refractivity contribution in [3.05, 3.63) is 24.3 Å². The Morgan fingerprint density at radius 2 is 2.27 bits per heavy atom. The van der Waals surface area contributed by atoms with Crippen molar-refractivity contribution in [2.24, 2.45) is 0 Å². The molecule has 0 saturated heterocycles. The molecule has 0 fully saturated rings. The fraction of sp³-hybridized carbons (Fsp3) is 0.364. The summed E-state index contributed by atoms with van der Waals surface area (Å²) < 4.78 is 5.09. The molecule has 0 heterocycles. The monoisotopic (exact) mass is 227 g/mol. The zero-order valence-corrected chi connectivity index (χ0v) is 9.62. The standard InChI is InChI=1S/C11H14ClNO2/c1-3-13(11(14)8-12)9-5-4-6-10(7-9)15-2/h4-7H,3,8H2,1-2H3. The molecule has 0 aliphatic rings. The predicted octanol–water partition coefficient (Wildman–Crippen LogP) is 2.29. The van der Waals surface area contributed by atoms with Gasteiger partial charge in [0.25, 0.3) is 0 Å². The molecule has 0 aliphatic heterocycles. The fourth-order valence-corrected chi connectivity index (χ4v) is 1.50. The average Bonchev–Trinajstić information content (AvgIpc) is 2.30. The highest BCUT2D eigenvalue weighted by atomic mass is 35.5. The first kappa shape index (κ1) is 11.9. The van der Waals surface area contributed by atoms with Crippen LogP contribution in [0.25, 0.3) is 0 Å². The van der Waals surface area contributed by atoms with Gasteiger partial charge in [-0.3, -0.25) is 4.79 Å². The molecule has 0 N–H and O–H groups in total. The molecule has 1 aromatic rings. The van der Waals surface area contributed by atoms with Gasteiger partial charge < -0.3 is 9.64 Å². The van der Waals surface area contributed by atoms with Gasteiger partial charge in [-0.2, -0.15) is 0 Å². The third-order valence-corrected chi connectivity index (χ3v) is 2.33. The summed E-state index contributed by atoms with van der Waals surface area (Å²) in [5.74, 6) is 0.617. The highest BCUT2D eigenvalue weighted by Crippen LogP contribution is 2.20. The molecule has 0 radical (unpaired) electrons. The van der Waals surface area contributed by atoms with E-state index in [1.54, 1.807) is 12.0 Å². The summed E-state index contributed by atoms with van der Waals surface area (Å²) in [5, 5.41) is 0. The topological polar surface area (TPSA) is 29.5 Å². The maximum atomic E-state index is 11.5. The van der Waals surface area contributed by atoms with Gasteiger partial charge in [-0.15, -0.1) is 11.6 Å². The van der Waals surface area contributed by atoms with Crippen LogP contribution in [0.15, 0.2) is 24.3 Å². The highest BCUT2D eigenvalue weighted by molar-refractivity contribution is 6.29. The number of hydrogen-bond donors (Lipinski definition) is 0. The molecule has 1 aromatic carbocycles. The Morgan fingerprint density at radius 1 is 1.53 bits per heavy atom. The van der Waals surface area contributed by atoms with Gasteiger partial charge in [0.05, 0.1) is 7.11 Å². The van der Waals surface area contributed by atoms with E-state index >= 15 is 0 Å². The summed E-state index contributed by atoms with van der Waals surface area (Å²) in [6.45, 7) is 2.50. The molecule has 1 rings (SSSR count). The van der Waals surface area contributed by atoms with Crippen LogP contribution in [0, 0.1) is 0 Å². The van der Waals surface area contributed by atoms with Crippen molar-refractivity contribution >= 4 is 23.2 Å². The Balaban J connectivity index is 2.96. The van der Waals surface area contributed by atoms with Gasteiger partial charge in [-0.1, -0.05) is 6.07 Å². The molecule has 0 aliphatic carbocycles. The Morgan fingerprint density at radius 3 is 2.80 bits per heavy atom. The maximum Gasteiger partial charge on any atom is 0.241 e. The average molecular weight is 228 g/mol. The molecule has 0 atom stereocenters. The van der Waals surface area contributed by atoms with Crippen molar-refractivity contribution < 1.29 is 9.53 Å². The minimum atomic E-state index is -0.104. The Kier molecular flexibility index (Phi) is 4.43. The van der Waals surface area contributed by atoms with E-state index < -0.39 is 0 Å². The number of ether oxygens (including phenoxy) is 1. The summed E-state index contributed by atoms with van der Waals surface area (Å²) >= 11 is 5.53. The molecule has 0 bridgehead atoms. The fourth-order valence-electron chi connectivity index (χ4n) is 1.35. The maximum absolute atomic E-state index is 11.5. The van der Waals surface area contributed by atoms with Crippen molar-refractivity contribution in [2.75, 3.05) is 24.4 Å². The van der Waals surface area contributed by atoms with Gasteiger partial charge in [0.15, 0.2) is 0 Å². The van der Waals surface area contributed by atoms with Crippen molar-refractivity contribution in [3.63, 3.8) is 0 Å². The van der Waals surface area contributed by atoms with Crippen molar-refractivity contribution in [2.45, 2.75) is 6.92 Å². The highest BCUT2D eigenvalue weighted by Gasteiger charge is 2.12. The molecular formula is C11H14ClNO2. The summed E-state index contributed by atoms with van der Waals surface area (Å²) in [6.07, 6.45) is 0. The number of hydrogen-bond acceptors (Lipinski definition) is 2. The molecule has 15 heavy (non-hydrogen) atoms. The van der Waals surface area contributed by atoms with E-state index in [9.17, 15) is 4.79 Å². The number of halogens is 1. The van der Waals surface area contributed by atoms with Gasteiger partial charge in [0.2, 0.25) is 5.91 Å². The Labute approximate surface area is 94.6 Å². The zero-order chi connectivity index (χ0) is 11.3. The summed E-state index contributed by atoms with van der Waals surface area (Å²) in [6, 6.07) is 7.35. The number of alkyl halides is 1. The van der Waals surface area contributed by atoms with Crippen LogP contribution in [-0.2, 0) is 4.79 Å². The van der Waals surface area contributed by atoms with Gasteiger partial charge in [0, 0.05) is 18.3 Å². The number of carbonyl (C=O) groups is 1. The molecule has 0 saturated carbocycles. The first-order valence-corrected chi connectivity index (χ1v) is 5.26. The van der Waals surface area contributed by atoms with Crippen LogP contribution in [0.2, 0.25) is 0 Å². The van der Waals surface area contributed by atoms with E-state index in [4.69, 9.17) is 16.3 Å².